The summed E-state index contributed by atoms with van der Waals surface area (Å²) in [7, 11) is 4.09. The molecule has 4 rings (SSSR count). The molecule has 8 heteroatoms. The molecule has 2 aliphatic rings. The number of amides is 2. The van der Waals surface area contributed by atoms with Gasteiger partial charge in [-0.1, -0.05) is 48.5 Å². The van der Waals surface area contributed by atoms with E-state index < -0.39 is 30.4 Å². The summed E-state index contributed by atoms with van der Waals surface area (Å²) in [5, 5.41) is 14.7. The van der Waals surface area contributed by atoms with Gasteiger partial charge in [0.15, 0.2) is 0 Å². The highest BCUT2D eigenvalue weighted by Crippen LogP contribution is 2.44. The molecule has 8 nitrogen and oxygen atoms in total. The number of benzene rings is 2. The van der Waals surface area contributed by atoms with Crippen LogP contribution in [-0.4, -0.2) is 66.8 Å². The van der Waals surface area contributed by atoms with E-state index in [0.29, 0.717) is 6.04 Å². The highest BCUT2D eigenvalue weighted by atomic mass is 16.5. The molecule has 0 saturated heterocycles. The van der Waals surface area contributed by atoms with Crippen molar-refractivity contribution in [2.24, 2.45) is 0 Å². The molecule has 0 bridgehead atoms. The normalized spacial score (nSPS) is 20.0. The highest BCUT2D eigenvalue weighted by molar-refractivity contribution is 5.89. The Morgan fingerprint density at radius 1 is 0.971 bits per heavy atom. The first-order valence-electron chi connectivity index (χ1n) is 12.1. The predicted octanol–water partition coefficient (Wildman–Crippen LogP) is 3.36. The first-order chi connectivity index (χ1) is 16.8. The molecule has 186 valence electrons. The molecule has 0 spiro atoms. The summed E-state index contributed by atoms with van der Waals surface area (Å²) in [5.41, 5.74) is 4.39. The third-order valence-electron chi connectivity index (χ3n) is 7.10. The predicted molar refractivity (Wildman–Crippen MR) is 132 cm³/mol. The van der Waals surface area contributed by atoms with Crippen LogP contribution in [0.25, 0.3) is 11.1 Å². The number of carboxylic acid groups (broad SMARTS) is 1. The van der Waals surface area contributed by atoms with Crippen molar-refractivity contribution in [3.05, 3.63) is 59.7 Å². The van der Waals surface area contributed by atoms with Gasteiger partial charge >= 0.3 is 12.1 Å². The number of alkyl carbamates (subject to hydrolysis) is 1. The van der Waals surface area contributed by atoms with E-state index in [4.69, 9.17) is 4.74 Å². The standard InChI is InChI=1S/C27H33N3O5/c1-30(2)18-13-11-17(12-14-18)28-26(33)24(15-25(31)32)29-27(34)35-16-23-21-9-5-3-7-19(21)20-8-4-6-10-22(20)23/h3-10,17-18,23-24H,11-16H2,1-2H3,(H,28,33)(H,29,34)(H,31,32). The number of carbonyl (C=O) groups is 3. The number of fused-ring (bicyclic) bond motifs is 3. The largest absolute Gasteiger partial charge is 0.481 e. The Morgan fingerprint density at radius 3 is 2.09 bits per heavy atom. The molecule has 0 heterocycles. The van der Waals surface area contributed by atoms with Crippen LogP contribution in [0.5, 0.6) is 0 Å². The van der Waals surface area contributed by atoms with Gasteiger partial charge in [0.1, 0.15) is 12.6 Å². The van der Waals surface area contributed by atoms with Crippen LogP contribution in [0.2, 0.25) is 0 Å². The quantitative estimate of drug-likeness (QED) is 0.536. The summed E-state index contributed by atoms with van der Waals surface area (Å²) < 4.78 is 5.50. The first kappa shape index (κ1) is 24.7. The lowest BCUT2D eigenvalue weighted by atomic mass is 9.90. The molecular formula is C27H33N3O5. The summed E-state index contributed by atoms with van der Waals surface area (Å²) >= 11 is 0. The van der Waals surface area contributed by atoms with Crippen molar-refractivity contribution in [1.82, 2.24) is 15.5 Å². The van der Waals surface area contributed by atoms with Gasteiger partial charge in [0.25, 0.3) is 0 Å². The maximum absolute atomic E-state index is 12.8. The number of nitrogens with zero attached hydrogens (tertiary/aromatic N) is 1. The Hall–Kier alpha value is -3.39. The minimum absolute atomic E-state index is 0.0284. The summed E-state index contributed by atoms with van der Waals surface area (Å²) in [4.78, 5) is 39.0. The summed E-state index contributed by atoms with van der Waals surface area (Å²) in [5.74, 6) is -1.78. The molecule has 1 atom stereocenters. The third-order valence-corrected chi connectivity index (χ3v) is 7.10. The lowest BCUT2D eigenvalue weighted by Crippen LogP contribution is -2.52. The SMILES string of the molecule is CN(C)C1CCC(NC(=O)C(CC(=O)O)NC(=O)OCC2c3ccccc3-c3ccccc32)CC1. The van der Waals surface area contributed by atoms with E-state index in [2.05, 4.69) is 15.5 Å². The van der Waals surface area contributed by atoms with Gasteiger partial charge in [0, 0.05) is 18.0 Å². The number of rotatable bonds is 8. The van der Waals surface area contributed by atoms with E-state index >= 15 is 0 Å². The maximum atomic E-state index is 12.8. The number of nitrogens with one attached hydrogen (secondary N) is 2. The van der Waals surface area contributed by atoms with Gasteiger partial charge in [-0.3, -0.25) is 9.59 Å². The summed E-state index contributed by atoms with van der Waals surface area (Å²) in [6.07, 6.45) is 2.24. The van der Waals surface area contributed by atoms with Crippen LogP contribution in [0.4, 0.5) is 4.79 Å². The van der Waals surface area contributed by atoms with Gasteiger partial charge in [0.05, 0.1) is 6.42 Å². The van der Waals surface area contributed by atoms with Crippen molar-refractivity contribution >= 4 is 18.0 Å². The van der Waals surface area contributed by atoms with Crippen molar-refractivity contribution in [3.8, 4) is 11.1 Å². The Labute approximate surface area is 205 Å². The summed E-state index contributed by atoms with van der Waals surface area (Å²) in [6, 6.07) is 15.3. The molecule has 2 aromatic rings. The monoisotopic (exact) mass is 479 g/mol. The van der Waals surface area contributed by atoms with Crippen LogP contribution in [0.15, 0.2) is 48.5 Å². The second-order valence-electron chi connectivity index (χ2n) is 9.60. The molecular weight excluding hydrogens is 446 g/mol. The topological polar surface area (TPSA) is 108 Å². The lowest BCUT2D eigenvalue weighted by Gasteiger charge is -2.33. The fourth-order valence-electron chi connectivity index (χ4n) is 5.20. The first-order valence-corrected chi connectivity index (χ1v) is 12.1. The number of ether oxygens (including phenoxy) is 1. The zero-order valence-corrected chi connectivity index (χ0v) is 20.2. The van der Waals surface area contributed by atoms with Gasteiger partial charge in [-0.25, -0.2) is 4.79 Å². The number of aliphatic carboxylic acids is 1. The zero-order valence-electron chi connectivity index (χ0n) is 20.2. The molecule has 35 heavy (non-hydrogen) atoms. The second-order valence-corrected chi connectivity index (χ2v) is 9.60. The van der Waals surface area contributed by atoms with Crippen LogP contribution >= 0.6 is 0 Å². The van der Waals surface area contributed by atoms with E-state index in [9.17, 15) is 19.5 Å². The molecule has 0 radical (unpaired) electrons. The average Bonchev–Trinajstić information content (AvgIpc) is 3.16. The van der Waals surface area contributed by atoms with E-state index in [0.717, 1.165) is 47.9 Å². The number of hydrogen-bond acceptors (Lipinski definition) is 5. The van der Waals surface area contributed by atoms with Gasteiger partial charge in [-0.2, -0.15) is 0 Å². The van der Waals surface area contributed by atoms with Gasteiger partial charge in [-0.15, -0.1) is 0 Å². The fourth-order valence-corrected chi connectivity index (χ4v) is 5.20. The van der Waals surface area contributed by atoms with E-state index in [-0.39, 0.29) is 18.6 Å². The molecule has 1 fully saturated rings. The second kappa shape index (κ2) is 10.9. The van der Waals surface area contributed by atoms with Crippen molar-refractivity contribution < 1.29 is 24.2 Å². The zero-order chi connectivity index (χ0) is 24.9. The Bertz CT molecular complexity index is 1030. The van der Waals surface area contributed by atoms with Crippen LogP contribution in [0, 0.1) is 0 Å². The van der Waals surface area contributed by atoms with E-state index in [1.807, 2.05) is 62.6 Å². The summed E-state index contributed by atoms with van der Waals surface area (Å²) in [6.45, 7) is 0.0931. The average molecular weight is 480 g/mol. The van der Waals surface area contributed by atoms with Gasteiger partial charge in [0.2, 0.25) is 5.91 Å². The Kier molecular flexibility index (Phi) is 7.70. The minimum Gasteiger partial charge on any atom is -0.481 e. The van der Waals surface area contributed by atoms with Crippen LogP contribution in [0.1, 0.15) is 49.1 Å². The highest BCUT2D eigenvalue weighted by Gasteiger charge is 2.31. The van der Waals surface area contributed by atoms with Crippen molar-refractivity contribution in [3.63, 3.8) is 0 Å². The number of hydrogen-bond donors (Lipinski definition) is 3. The van der Waals surface area contributed by atoms with Crippen molar-refractivity contribution in [2.45, 2.75) is 56.1 Å². The number of carbonyl (C=O) groups excluding carboxylic acids is 2. The molecule has 2 aliphatic carbocycles. The van der Waals surface area contributed by atoms with Crippen LogP contribution in [0.3, 0.4) is 0 Å². The van der Waals surface area contributed by atoms with Gasteiger partial charge < -0.3 is 25.4 Å². The van der Waals surface area contributed by atoms with Gasteiger partial charge in [-0.05, 0) is 62.0 Å². The fraction of sp³-hybridized carbons (Fsp3) is 0.444. The third kappa shape index (κ3) is 5.82. The van der Waals surface area contributed by atoms with Crippen LogP contribution < -0.4 is 10.6 Å². The molecule has 2 amide bonds. The van der Waals surface area contributed by atoms with Crippen LogP contribution in [-0.2, 0) is 14.3 Å². The smallest absolute Gasteiger partial charge is 0.407 e. The van der Waals surface area contributed by atoms with Crippen molar-refractivity contribution in [2.75, 3.05) is 20.7 Å². The molecule has 0 aliphatic heterocycles. The van der Waals surface area contributed by atoms with Crippen molar-refractivity contribution in [1.29, 1.82) is 0 Å². The molecule has 0 aromatic heterocycles. The maximum Gasteiger partial charge on any atom is 0.407 e. The molecule has 1 saturated carbocycles. The number of carboxylic acids is 1. The molecule has 1 unspecified atom stereocenters. The Morgan fingerprint density at radius 2 is 1.54 bits per heavy atom. The van der Waals surface area contributed by atoms with E-state index in [1.54, 1.807) is 0 Å². The molecule has 3 N–H and O–H groups in total. The lowest BCUT2D eigenvalue weighted by molar-refractivity contribution is -0.140. The van der Waals surface area contributed by atoms with E-state index in [1.165, 1.54) is 0 Å². The molecule has 2 aromatic carbocycles. The minimum atomic E-state index is -1.20. The Balaban J connectivity index is 1.35.